The highest BCUT2D eigenvalue weighted by Gasteiger charge is 2.18. The molecule has 1 atom stereocenters. The predicted molar refractivity (Wildman–Crippen MR) is 99.5 cm³/mol. The molecular weight excluding hydrogens is 351 g/mol. The molecule has 0 aromatic heterocycles. The maximum atomic E-state index is 12.9. The van der Waals surface area contributed by atoms with Crippen molar-refractivity contribution in [3.8, 4) is 11.5 Å². The lowest BCUT2D eigenvalue weighted by molar-refractivity contribution is -0.140. The molecular formula is C21H21FO5. The van der Waals surface area contributed by atoms with Gasteiger partial charge in [0.15, 0.2) is 17.6 Å². The Balaban J connectivity index is 2.00. The molecule has 0 spiro atoms. The predicted octanol–water partition coefficient (Wildman–Crippen LogP) is 4.06. The first-order valence-corrected chi connectivity index (χ1v) is 8.44. The van der Waals surface area contributed by atoms with Crippen LogP contribution in [0.2, 0.25) is 0 Å². The fraction of sp³-hybridized carbons (Fsp3) is 0.238. The normalized spacial score (nSPS) is 11.9. The van der Waals surface area contributed by atoms with Gasteiger partial charge in [0.25, 0.3) is 0 Å². The Morgan fingerprint density at radius 2 is 1.81 bits per heavy atom. The van der Waals surface area contributed by atoms with Crippen LogP contribution in [0.3, 0.4) is 0 Å². The van der Waals surface area contributed by atoms with Gasteiger partial charge in [0.1, 0.15) is 5.82 Å². The second-order valence-electron chi connectivity index (χ2n) is 5.63. The molecule has 0 saturated heterocycles. The van der Waals surface area contributed by atoms with Crippen LogP contribution in [0.15, 0.2) is 48.5 Å². The molecule has 0 bridgehead atoms. The molecule has 2 aromatic rings. The van der Waals surface area contributed by atoms with Crippen LogP contribution >= 0.6 is 0 Å². The lowest BCUT2D eigenvalue weighted by atomic mass is 10.1. The third kappa shape index (κ3) is 5.67. The van der Waals surface area contributed by atoms with Crippen molar-refractivity contribution in [2.24, 2.45) is 0 Å². The van der Waals surface area contributed by atoms with E-state index < -0.39 is 23.7 Å². The van der Waals surface area contributed by atoms with Crippen LogP contribution in [0.4, 0.5) is 4.39 Å². The van der Waals surface area contributed by atoms with Gasteiger partial charge in [-0.15, -0.1) is 0 Å². The maximum Gasteiger partial charge on any atom is 0.331 e. The van der Waals surface area contributed by atoms with E-state index in [0.29, 0.717) is 23.7 Å². The number of methoxy groups -OCH3 is 1. The van der Waals surface area contributed by atoms with Crippen molar-refractivity contribution in [3.63, 3.8) is 0 Å². The standard InChI is InChI=1S/C21H21FO5/c1-4-26-18-11-5-15(13-19(18)25-3)6-12-20(23)27-14(2)21(24)16-7-9-17(22)10-8-16/h5-14H,4H2,1-3H3/b12-6+. The van der Waals surface area contributed by atoms with Crippen LogP contribution in [0.25, 0.3) is 6.08 Å². The van der Waals surface area contributed by atoms with E-state index in [1.165, 1.54) is 44.4 Å². The summed E-state index contributed by atoms with van der Waals surface area (Å²) in [5.41, 5.74) is 0.988. The Kier molecular flexibility index (Phi) is 7.11. The molecule has 0 N–H and O–H groups in total. The third-order valence-electron chi connectivity index (χ3n) is 3.69. The van der Waals surface area contributed by atoms with Crippen LogP contribution in [0.5, 0.6) is 11.5 Å². The molecule has 0 amide bonds. The van der Waals surface area contributed by atoms with Crippen LogP contribution < -0.4 is 9.47 Å². The Bertz CT molecular complexity index is 827. The topological polar surface area (TPSA) is 61.8 Å². The molecule has 0 saturated carbocycles. The Hall–Kier alpha value is -3.15. The second-order valence-corrected chi connectivity index (χ2v) is 5.63. The lowest BCUT2D eigenvalue weighted by Crippen LogP contribution is -2.23. The molecule has 0 aliphatic rings. The average molecular weight is 372 g/mol. The summed E-state index contributed by atoms with van der Waals surface area (Å²) in [6.45, 7) is 3.85. The number of benzene rings is 2. The van der Waals surface area contributed by atoms with Crippen molar-refractivity contribution < 1.29 is 28.2 Å². The van der Waals surface area contributed by atoms with E-state index in [1.54, 1.807) is 24.3 Å². The molecule has 142 valence electrons. The third-order valence-corrected chi connectivity index (χ3v) is 3.69. The second kappa shape index (κ2) is 9.52. The summed E-state index contributed by atoms with van der Waals surface area (Å²) < 4.78 is 28.7. The summed E-state index contributed by atoms with van der Waals surface area (Å²) in [6.07, 6.45) is 1.79. The maximum absolute atomic E-state index is 12.9. The summed E-state index contributed by atoms with van der Waals surface area (Å²) >= 11 is 0. The van der Waals surface area contributed by atoms with Crippen molar-refractivity contribution in [3.05, 3.63) is 65.5 Å². The zero-order valence-corrected chi connectivity index (χ0v) is 15.4. The minimum Gasteiger partial charge on any atom is -0.493 e. The minimum atomic E-state index is -0.984. The summed E-state index contributed by atoms with van der Waals surface area (Å²) in [5.74, 6) is -0.347. The zero-order valence-electron chi connectivity index (χ0n) is 15.4. The van der Waals surface area contributed by atoms with Gasteiger partial charge in [0.05, 0.1) is 13.7 Å². The highest BCUT2D eigenvalue weighted by Crippen LogP contribution is 2.28. The van der Waals surface area contributed by atoms with Crippen molar-refractivity contribution in [1.29, 1.82) is 0 Å². The molecule has 2 rings (SSSR count). The number of Topliss-reactive ketones (excluding diaryl/α,β-unsaturated/α-hetero) is 1. The van der Waals surface area contributed by atoms with Gasteiger partial charge < -0.3 is 14.2 Å². The van der Waals surface area contributed by atoms with Gasteiger partial charge in [-0.3, -0.25) is 4.79 Å². The van der Waals surface area contributed by atoms with Crippen LogP contribution in [0.1, 0.15) is 29.8 Å². The summed E-state index contributed by atoms with van der Waals surface area (Å²) in [7, 11) is 1.53. The summed E-state index contributed by atoms with van der Waals surface area (Å²) in [6, 6.07) is 10.3. The van der Waals surface area contributed by atoms with Gasteiger partial charge in [-0.05, 0) is 61.9 Å². The number of halogens is 1. The molecule has 0 aliphatic heterocycles. The molecule has 5 nitrogen and oxygen atoms in total. The Morgan fingerprint density at radius 3 is 2.44 bits per heavy atom. The van der Waals surface area contributed by atoms with E-state index in [2.05, 4.69) is 0 Å². The van der Waals surface area contributed by atoms with E-state index in [9.17, 15) is 14.0 Å². The summed E-state index contributed by atoms with van der Waals surface area (Å²) in [4.78, 5) is 24.2. The largest absolute Gasteiger partial charge is 0.493 e. The first-order valence-electron chi connectivity index (χ1n) is 8.44. The van der Waals surface area contributed by atoms with Crippen molar-refractivity contribution >= 4 is 17.8 Å². The SMILES string of the molecule is CCOc1ccc(/C=C/C(=O)OC(C)C(=O)c2ccc(F)cc2)cc1OC. The molecule has 1 unspecified atom stereocenters. The number of esters is 1. The molecule has 6 heteroatoms. The fourth-order valence-electron chi connectivity index (χ4n) is 2.34. The first-order chi connectivity index (χ1) is 12.9. The van der Waals surface area contributed by atoms with Gasteiger partial charge in [0, 0.05) is 11.6 Å². The van der Waals surface area contributed by atoms with E-state index in [-0.39, 0.29) is 5.56 Å². The van der Waals surface area contributed by atoms with Crippen LogP contribution in [-0.2, 0) is 9.53 Å². The van der Waals surface area contributed by atoms with E-state index in [0.717, 1.165) is 0 Å². The number of ketones is 1. The van der Waals surface area contributed by atoms with Gasteiger partial charge in [-0.1, -0.05) is 6.07 Å². The molecule has 2 aromatic carbocycles. The number of ether oxygens (including phenoxy) is 3. The first kappa shape index (κ1) is 20.2. The van der Waals surface area contributed by atoms with Crippen molar-refractivity contribution in [2.45, 2.75) is 20.0 Å². The smallest absolute Gasteiger partial charge is 0.331 e. The molecule has 0 aliphatic carbocycles. The van der Waals surface area contributed by atoms with E-state index in [4.69, 9.17) is 14.2 Å². The van der Waals surface area contributed by atoms with Crippen molar-refractivity contribution in [2.75, 3.05) is 13.7 Å². The number of carbonyl (C=O) groups excluding carboxylic acids is 2. The summed E-state index contributed by atoms with van der Waals surface area (Å²) in [5, 5.41) is 0. The van der Waals surface area contributed by atoms with Gasteiger partial charge in [-0.25, -0.2) is 9.18 Å². The highest BCUT2D eigenvalue weighted by atomic mass is 19.1. The molecule has 0 heterocycles. The lowest BCUT2D eigenvalue weighted by Gasteiger charge is -2.11. The van der Waals surface area contributed by atoms with Crippen LogP contribution in [0, 0.1) is 5.82 Å². The van der Waals surface area contributed by atoms with Gasteiger partial charge >= 0.3 is 5.97 Å². The number of rotatable bonds is 8. The minimum absolute atomic E-state index is 0.275. The van der Waals surface area contributed by atoms with Crippen LogP contribution in [-0.4, -0.2) is 31.6 Å². The Morgan fingerprint density at radius 1 is 1.11 bits per heavy atom. The monoisotopic (exact) mass is 372 g/mol. The number of hydrogen-bond donors (Lipinski definition) is 0. The fourth-order valence-corrected chi connectivity index (χ4v) is 2.34. The molecule has 0 fully saturated rings. The molecule has 0 radical (unpaired) electrons. The Labute approximate surface area is 157 Å². The van der Waals surface area contributed by atoms with E-state index in [1.807, 2.05) is 6.92 Å². The number of hydrogen-bond acceptors (Lipinski definition) is 5. The molecule has 27 heavy (non-hydrogen) atoms. The van der Waals surface area contributed by atoms with Gasteiger partial charge in [0.2, 0.25) is 5.78 Å². The van der Waals surface area contributed by atoms with E-state index >= 15 is 0 Å². The average Bonchev–Trinajstić information content (AvgIpc) is 2.67. The zero-order chi connectivity index (χ0) is 19.8. The quantitative estimate of drug-likeness (QED) is 0.397. The van der Waals surface area contributed by atoms with Gasteiger partial charge in [-0.2, -0.15) is 0 Å². The number of carbonyl (C=O) groups is 2. The van der Waals surface area contributed by atoms with Crippen molar-refractivity contribution in [1.82, 2.24) is 0 Å². The highest BCUT2D eigenvalue weighted by molar-refractivity contribution is 6.01.